The quantitative estimate of drug-likeness (QED) is 0.820. The predicted octanol–water partition coefficient (Wildman–Crippen LogP) is 3.21. The second-order valence-corrected chi connectivity index (χ2v) is 6.43. The van der Waals surface area contributed by atoms with Crippen LogP contribution in [-0.2, 0) is 4.79 Å². The minimum atomic E-state index is -0.763. The summed E-state index contributed by atoms with van der Waals surface area (Å²) in [6, 6.07) is 1.67. The first-order valence-corrected chi connectivity index (χ1v) is 7.96. The summed E-state index contributed by atoms with van der Waals surface area (Å²) in [6.07, 6.45) is 4.09. The standard InChI is InChI=1S/C14H16BrClN2O3/c15-10-7-11(13(16)17-8-10)14(21)18-5-3-9(4-6-18)1-2-12(19)20/h7-9H,1-6H2,(H,19,20). The number of pyridine rings is 1. The lowest BCUT2D eigenvalue weighted by Crippen LogP contribution is -2.38. The molecule has 0 aromatic carbocycles. The molecule has 5 nitrogen and oxygen atoms in total. The Morgan fingerprint density at radius 3 is 2.71 bits per heavy atom. The van der Waals surface area contributed by atoms with E-state index in [1.165, 1.54) is 0 Å². The molecular formula is C14H16BrClN2O3. The zero-order valence-electron chi connectivity index (χ0n) is 11.4. The number of rotatable bonds is 4. The number of halogens is 2. The van der Waals surface area contributed by atoms with Gasteiger partial charge in [0.05, 0.1) is 5.56 Å². The molecule has 0 atom stereocenters. The largest absolute Gasteiger partial charge is 0.481 e. The van der Waals surface area contributed by atoms with Gasteiger partial charge < -0.3 is 10.0 Å². The number of carboxylic acid groups (broad SMARTS) is 1. The van der Waals surface area contributed by atoms with E-state index in [0.29, 0.717) is 35.5 Å². The van der Waals surface area contributed by atoms with Crippen molar-refractivity contribution in [3.8, 4) is 0 Å². The number of hydrogen-bond donors (Lipinski definition) is 1. The van der Waals surface area contributed by atoms with Gasteiger partial charge in [-0.15, -0.1) is 0 Å². The topological polar surface area (TPSA) is 70.5 Å². The third kappa shape index (κ3) is 4.41. The lowest BCUT2D eigenvalue weighted by Gasteiger charge is -2.32. The first-order valence-electron chi connectivity index (χ1n) is 6.79. The van der Waals surface area contributed by atoms with Crippen LogP contribution in [0.15, 0.2) is 16.7 Å². The van der Waals surface area contributed by atoms with Crippen LogP contribution in [0.5, 0.6) is 0 Å². The molecule has 0 unspecified atom stereocenters. The van der Waals surface area contributed by atoms with Gasteiger partial charge in [-0.25, -0.2) is 4.98 Å². The summed E-state index contributed by atoms with van der Waals surface area (Å²) >= 11 is 9.26. The molecule has 1 amide bonds. The number of carboxylic acids is 1. The number of carbonyl (C=O) groups is 2. The molecule has 0 bridgehead atoms. The summed E-state index contributed by atoms with van der Waals surface area (Å²) in [7, 11) is 0. The predicted molar refractivity (Wildman–Crippen MR) is 82.4 cm³/mol. The van der Waals surface area contributed by atoms with Crippen LogP contribution in [-0.4, -0.2) is 40.0 Å². The van der Waals surface area contributed by atoms with Crippen molar-refractivity contribution in [2.24, 2.45) is 5.92 Å². The molecule has 1 aliphatic heterocycles. The van der Waals surface area contributed by atoms with Gasteiger partial charge in [0.1, 0.15) is 5.15 Å². The van der Waals surface area contributed by atoms with E-state index in [0.717, 1.165) is 12.8 Å². The van der Waals surface area contributed by atoms with E-state index in [9.17, 15) is 9.59 Å². The van der Waals surface area contributed by atoms with E-state index >= 15 is 0 Å². The van der Waals surface area contributed by atoms with Gasteiger partial charge in [0, 0.05) is 30.2 Å². The summed E-state index contributed by atoms with van der Waals surface area (Å²) < 4.78 is 0.714. The summed E-state index contributed by atoms with van der Waals surface area (Å²) in [6.45, 7) is 1.26. The lowest BCUT2D eigenvalue weighted by molar-refractivity contribution is -0.137. The Labute approximate surface area is 136 Å². The van der Waals surface area contributed by atoms with Crippen molar-refractivity contribution in [2.45, 2.75) is 25.7 Å². The van der Waals surface area contributed by atoms with Crippen LogP contribution < -0.4 is 0 Å². The van der Waals surface area contributed by atoms with Crippen LogP contribution in [0.25, 0.3) is 0 Å². The minimum absolute atomic E-state index is 0.120. The minimum Gasteiger partial charge on any atom is -0.481 e. The van der Waals surface area contributed by atoms with Crippen molar-refractivity contribution in [1.82, 2.24) is 9.88 Å². The van der Waals surface area contributed by atoms with Crippen molar-refractivity contribution >= 4 is 39.4 Å². The maximum atomic E-state index is 12.4. The first kappa shape index (κ1) is 16.2. The number of hydrogen-bond acceptors (Lipinski definition) is 3. The fourth-order valence-electron chi connectivity index (χ4n) is 2.50. The molecule has 1 fully saturated rings. The number of aliphatic carboxylic acids is 1. The van der Waals surface area contributed by atoms with E-state index in [2.05, 4.69) is 20.9 Å². The van der Waals surface area contributed by atoms with Gasteiger partial charge in [0.15, 0.2) is 0 Å². The average Bonchev–Trinajstić information content (AvgIpc) is 2.47. The number of piperidine rings is 1. The van der Waals surface area contributed by atoms with Crippen LogP contribution in [0.2, 0.25) is 5.15 Å². The molecule has 0 spiro atoms. The molecule has 21 heavy (non-hydrogen) atoms. The number of likely N-dealkylation sites (tertiary alicyclic amines) is 1. The maximum absolute atomic E-state index is 12.4. The Balaban J connectivity index is 1.94. The highest BCUT2D eigenvalue weighted by Crippen LogP contribution is 2.25. The van der Waals surface area contributed by atoms with Gasteiger partial charge in [-0.3, -0.25) is 9.59 Å². The van der Waals surface area contributed by atoms with E-state index in [-0.39, 0.29) is 17.5 Å². The molecule has 1 aliphatic rings. The van der Waals surface area contributed by atoms with Gasteiger partial charge in [0.2, 0.25) is 0 Å². The molecule has 1 aromatic heterocycles. The normalized spacial score (nSPS) is 16.0. The third-order valence-corrected chi connectivity index (χ3v) is 4.44. The first-order chi connectivity index (χ1) is 9.97. The van der Waals surface area contributed by atoms with Crippen molar-refractivity contribution < 1.29 is 14.7 Å². The molecule has 2 heterocycles. The van der Waals surface area contributed by atoms with Crippen molar-refractivity contribution in [2.75, 3.05) is 13.1 Å². The summed E-state index contributed by atoms with van der Waals surface area (Å²) in [5.41, 5.74) is 0.398. The SMILES string of the molecule is O=C(O)CCC1CCN(C(=O)c2cc(Br)cnc2Cl)CC1. The summed E-state index contributed by atoms with van der Waals surface area (Å²) in [4.78, 5) is 28.7. The molecule has 114 valence electrons. The van der Waals surface area contributed by atoms with Crippen molar-refractivity contribution in [3.63, 3.8) is 0 Å². The molecule has 7 heteroatoms. The van der Waals surface area contributed by atoms with Gasteiger partial charge in [0.25, 0.3) is 5.91 Å². The van der Waals surface area contributed by atoms with E-state index in [4.69, 9.17) is 16.7 Å². The van der Waals surface area contributed by atoms with E-state index in [1.54, 1.807) is 17.2 Å². The Morgan fingerprint density at radius 1 is 1.43 bits per heavy atom. The number of aromatic nitrogens is 1. The Morgan fingerprint density at radius 2 is 2.10 bits per heavy atom. The van der Waals surface area contributed by atoms with Crippen molar-refractivity contribution in [3.05, 3.63) is 27.5 Å². The highest BCUT2D eigenvalue weighted by Gasteiger charge is 2.25. The van der Waals surface area contributed by atoms with Crippen LogP contribution in [0.1, 0.15) is 36.0 Å². The molecule has 0 aliphatic carbocycles. The van der Waals surface area contributed by atoms with Crippen LogP contribution in [0, 0.1) is 5.92 Å². The molecule has 0 radical (unpaired) electrons. The molecule has 0 saturated carbocycles. The number of carbonyl (C=O) groups excluding carboxylic acids is 1. The van der Waals surface area contributed by atoms with Gasteiger partial charge in [-0.1, -0.05) is 11.6 Å². The molecule has 1 saturated heterocycles. The second kappa shape index (κ2) is 7.22. The molecule has 1 aromatic rings. The fraction of sp³-hybridized carbons (Fsp3) is 0.500. The van der Waals surface area contributed by atoms with E-state index < -0.39 is 5.97 Å². The van der Waals surface area contributed by atoms with Gasteiger partial charge in [-0.05, 0) is 47.2 Å². The number of amides is 1. The summed E-state index contributed by atoms with van der Waals surface area (Å²) in [5.74, 6) is -0.507. The second-order valence-electron chi connectivity index (χ2n) is 5.16. The van der Waals surface area contributed by atoms with Gasteiger partial charge in [-0.2, -0.15) is 0 Å². The Hall–Kier alpha value is -1.14. The maximum Gasteiger partial charge on any atom is 0.303 e. The molecular weight excluding hydrogens is 360 g/mol. The van der Waals surface area contributed by atoms with Crippen LogP contribution in [0.3, 0.4) is 0 Å². The monoisotopic (exact) mass is 374 g/mol. The highest BCUT2D eigenvalue weighted by molar-refractivity contribution is 9.10. The molecule has 2 rings (SSSR count). The fourth-order valence-corrected chi connectivity index (χ4v) is 3.01. The zero-order valence-corrected chi connectivity index (χ0v) is 13.7. The Bertz CT molecular complexity index is 545. The van der Waals surface area contributed by atoms with Crippen LogP contribution >= 0.6 is 27.5 Å². The Kier molecular flexibility index (Phi) is 5.58. The molecule has 1 N–H and O–H groups in total. The highest BCUT2D eigenvalue weighted by atomic mass is 79.9. The van der Waals surface area contributed by atoms with Gasteiger partial charge >= 0.3 is 5.97 Å². The zero-order chi connectivity index (χ0) is 15.4. The van der Waals surface area contributed by atoms with Crippen LogP contribution in [0.4, 0.5) is 0 Å². The smallest absolute Gasteiger partial charge is 0.303 e. The summed E-state index contributed by atoms with van der Waals surface area (Å²) in [5, 5.41) is 8.90. The third-order valence-electron chi connectivity index (χ3n) is 3.70. The van der Waals surface area contributed by atoms with E-state index in [1.807, 2.05) is 0 Å². The lowest BCUT2D eigenvalue weighted by atomic mass is 9.92. The number of nitrogens with zero attached hydrogens (tertiary/aromatic N) is 2. The van der Waals surface area contributed by atoms with Crippen molar-refractivity contribution in [1.29, 1.82) is 0 Å². The average molecular weight is 376 g/mol.